The molecule has 5 nitrogen and oxygen atoms in total. The van der Waals surface area contributed by atoms with Gasteiger partial charge in [0, 0.05) is 30.3 Å². The molecule has 0 bridgehead atoms. The highest BCUT2D eigenvalue weighted by Gasteiger charge is 2.38. The van der Waals surface area contributed by atoms with E-state index in [9.17, 15) is 4.79 Å². The number of fused-ring (bicyclic) bond motifs is 3. The molecular weight excluding hydrogens is 312 g/mol. The fourth-order valence-electron chi connectivity index (χ4n) is 4.11. The molecule has 0 N–H and O–H groups in total. The van der Waals surface area contributed by atoms with Crippen molar-refractivity contribution in [1.29, 1.82) is 0 Å². The lowest BCUT2D eigenvalue weighted by atomic mass is 9.74. The maximum absolute atomic E-state index is 12.9. The number of carbonyl (C=O) groups is 1. The molecule has 1 aliphatic heterocycles. The lowest BCUT2D eigenvalue weighted by Gasteiger charge is -2.39. The zero-order chi connectivity index (χ0) is 16.9. The molecule has 25 heavy (non-hydrogen) atoms. The molecule has 5 heteroatoms. The number of benzene rings is 1. The summed E-state index contributed by atoms with van der Waals surface area (Å²) in [6, 6.07) is 12.2. The van der Waals surface area contributed by atoms with E-state index in [1.165, 1.54) is 17.5 Å². The predicted molar refractivity (Wildman–Crippen MR) is 95.3 cm³/mol. The number of pyridine rings is 1. The molecule has 0 unspecified atom stereocenters. The zero-order valence-corrected chi connectivity index (χ0v) is 13.8. The number of aromatic nitrogens is 3. The van der Waals surface area contributed by atoms with Gasteiger partial charge < -0.3 is 4.90 Å². The number of likely N-dealkylation sites (tertiary alicyclic amines) is 1. The summed E-state index contributed by atoms with van der Waals surface area (Å²) in [5.41, 5.74) is 4.21. The SMILES string of the molecule is O=C(c1ccn2ncnc2c1)N1CCC2(C=Cc3ccccc32)CC1. The average molecular weight is 330 g/mol. The minimum absolute atomic E-state index is 0.0793. The molecule has 1 spiro atoms. The topological polar surface area (TPSA) is 50.5 Å². The van der Waals surface area contributed by atoms with Crippen LogP contribution in [0.1, 0.15) is 34.3 Å². The van der Waals surface area contributed by atoms with Gasteiger partial charge >= 0.3 is 0 Å². The highest BCUT2D eigenvalue weighted by atomic mass is 16.2. The van der Waals surface area contributed by atoms with E-state index in [4.69, 9.17) is 0 Å². The zero-order valence-electron chi connectivity index (χ0n) is 13.8. The fourth-order valence-corrected chi connectivity index (χ4v) is 4.11. The van der Waals surface area contributed by atoms with Gasteiger partial charge in [-0.2, -0.15) is 5.10 Å². The largest absolute Gasteiger partial charge is 0.339 e. The summed E-state index contributed by atoms with van der Waals surface area (Å²) in [6.45, 7) is 1.55. The normalized spacial score (nSPS) is 18.0. The van der Waals surface area contributed by atoms with Gasteiger partial charge in [0.2, 0.25) is 0 Å². The molecule has 0 atom stereocenters. The van der Waals surface area contributed by atoms with Crippen LogP contribution in [0.15, 0.2) is 55.0 Å². The van der Waals surface area contributed by atoms with Gasteiger partial charge in [0.25, 0.3) is 5.91 Å². The summed E-state index contributed by atoms with van der Waals surface area (Å²) < 4.78 is 1.67. The van der Waals surface area contributed by atoms with E-state index in [-0.39, 0.29) is 11.3 Å². The maximum atomic E-state index is 12.9. The smallest absolute Gasteiger partial charge is 0.254 e. The number of allylic oxidation sites excluding steroid dienone is 1. The molecule has 3 aromatic rings. The Bertz CT molecular complexity index is 996. The highest BCUT2D eigenvalue weighted by Crippen LogP contribution is 2.43. The molecule has 2 aromatic heterocycles. The van der Waals surface area contributed by atoms with Crippen LogP contribution in [0.5, 0.6) is 0 Å². The Kier molecular flexibility index (Phi) is 3.04. The van der Waals surface area contributed by atoms with Crippen LogP contribution < -0.4 is 0 Å². The molecule has 1 aliphatic carbocycles. The van der Waals surface area contributed by atoms with Crippen LogP contribution in [0.2, 0.25) is 0 Å². The van der Waals surface area contributed by atoms with Gasteiger partial charge in [0.1, 0.15) is 6.33 Å². The van der Waals surface area contributed by atoms with Crippen molar-refractivity contribution < 1.29 is 4.79 Å². The summed E-state index contributed by atoms with van der Waals surface area (Å²) in [5.74, 6) is 0.0793. The average Bonchev–Trinajstić information content (AvgIpc) is 3.27. The Morgan fingerprint density at radius 3 is 2.84 bits per heavy atom. The van der Waals surface area contributed by atoms with E-state index < -0.39 is 0 Å². The second-order valence-electron chi connectivity index (χ2n) is 6.85. The minimum atomic E-state index is 0.0793. The lowest BCUT2D eigenvalue weighted by molar-refractivity contribution is 0.0690. The van der Waals surface area contributed by atoms with Crippen molar-refractivity contribution in [2.24, 2.45) is 0 Å². The number of rotatable bonds is 1. The quantitative estimate of drug-likeness (QED) is 0.689. The minimum Gasteiger partial charge on any atom is -0.339 e. The van der Waals surface area contributed by atoms with Crippen molar-refractivity contribution in [2.75, 3.05) is 13.1 Å². The Morgan fingerprint density at radius 2 is 1.96 bits per heavy atom. The van der Waals surface area contributed by atoms with E-state index >= 15 is 0 Å². The van der Waals surface area contributed by atoms with E-state index in [1.54, 1.807) is 10.7 Å². The van der Waals surface area contributed by atoms with E-state index in [0.717, 1.165) is 25.9 Å². The summed E-state index contributed by atoms with van der Waals surface area (Å²) in [5, 5.41) is 4.07. The van der Waals surface area contributed by atoms with Crippen molar-refractivity contribution in [3.63, 3.8) is 0 Å². The first kappa shape index (κ1) is 14.4. The third-order valence-corrected chi connectivity index (χ3v) is 5.55. The number of carbonyl (C=O) groups excluding carboxylic acids is 1. The molecular formula is C20H18N4O. The van der Waals surface area contributed by atoms with Crippen LogP contribution in [-0.2, 0) is 5.41 Å². The third-order valence-electron chi connectivity index (χ3n) is 5.55. The fraction of sp³-hybridized carbons (Fsp3) is 0.250. The van der Waals surface area contributed by atoms with E-state index in [0.29, 0.717) is 11.2 Å². The lowest BCUT2D eigenvalue weighted by Crippen LogP contribution is -2.44. The van der Waals surface area contributed by atoms with Crippen LogP contribution in [0.3, 0.4) is 0 Å². The van der Waals surface area contributed by atoms with Gasteiger partial charge in [-0.15, -0.1) is 0 Å². The van der Waals surface area contributed by atoms with Crippen LogP contribution in [0.25, 0.3) is 11.7 Å². The first-order chi connectivity index (χ1) is 12.3. The second kappa shape index (κ2) is 5.28. The summed E-state index contributed by atoms with van der Waals surface area (Å²) in [4.78, 5) is 19.0. The maximum Gasteiger partial charge on any atom is 0.254 e. The molecule has 1 saturated heterocycles. The van der Waals surface area contributed by atoms with Gasteiger partial charge in [-0.1, -0.05) is 36.4 Å². The Balaban J connectivity index is 1.37. The Hall–Kier alpha value is -2.95. The molecule has 1 amide bonds. The first-order valence-corrected chi connectivity index (χ1v) is 8.63. The highest BCUT2D eigenvalue weighted by molar-refractivity contribution is 5.95. The van der Waals surface area contributed by atoms with Crippen LogP contribution >= 0.6 is 0 Å². The summed E-state index contributed by atoms with van der Waals surface area (Å²) >= 11 is 0. The molecule has 2 aliphatic rings. The van der Waals surface area contributed by atoms with Gasteiger partial charge in [-0.05, 0) is 36.1 Å². The van der Waals surface area contributed by atoms with Crippen molar-refractivity contribution in [3.8, 4) is 0 Å². The van der Waals surface area contributed by atoms with Gasteiger partial charge in [0.15, 0.2) is 5.65 Å². The van der Waals surface area contributed by atoms with Crippen molar-refractivity contribution in [3.05, 3.63) is 71.7 Å². The molecule has 1 aromatic carbocycles. The van der Waals surface area contributed by atoms with Crippen LogP contribution in [0.4, 0.5) is 0 Å². The van der Waals surface area contributed by atoms with Crippen molar-refractivity contribution >= 4 is 17.6 Å². The molecule has 0 radical (unpaired) electrons. The monoisotopic (exact) mass is 330 g/mol. The van der Waals surface area contributed by atoms with Gasteiger partial charge in [0.05, 0.1) is 0 Å². The second-order valence-corrected chi connectivity index (χ2v) is 6.85. The molecule has 3 heterocycles. The Labute approximate surface area is 145 Å². The predicted octanol–water partition coefficient (Wildman–Crippen LogP) is 2.93. The molecule has 0 saturated carbocycles. The Morgan fingerprint density at radius 1 is 1.12 bits per heavy atom. The van der Waals surface area contributed by atoms with Crippen LogP contribution in [0, 0.1) is 0 Å². The number of hydrogen-bond acceptors (Lipinski definition) is 3. The molecule has 5 rings (SSSR count). The number of amides is 1. The van der Waals surface area contributed by atoms with Crippen molar-refractivity contribution in [1.82, 2.24) is 19.5 Å². The number of piperidine rings is 1. The van der Waals surface area contributed by atoms with Gasteiger partial charge in [-0.3, -0.25) is 4.79 Å². The standard InChI is InChI=1S/C20H18N4O/c25-19(16-6-10-24-18(13-16)21-14-22-24)23-11-8-20(9-12-23)7-5-15-3-1-2-4-17(15)20/h1-7,10,13-14H,8-9,11-12H2. The van der Waals surface area contributed by atoms with E-state index in [2.05, 4.69) is 46.5 Å². The number of nitrogens with zero attached hydrogens (tertiary/aromatic N) is 4. The molecule has 124 valence electrons. The van der Waals surface area contributed by atoms with Gasteiger partial charge in [-0.25, -0.2) is 9.50 Å². The van der Waals surface area contributed by atoms with Crippen molar-refractivity contribution in [2.45, 2.75) is 18.3 Å². The van der Waals surface area contributed by atoms with Crippen LogP contribution in [-0.4, -0.2) is 38.5 Å². The number of hydrogen-bond donors (Lipinski definition) is 0. The summed E-state index contributed by atoms with van der Waals surface area (Å²) in [6.07, 6.45) is 9.79. The summed E-state index contributed by atoms with van der Waals surface area (Å²) in [7, 11) is 0. The van der Waals surface area contributed by atoms with E-state index in [1.807, 2.05) is 17.0 Å². The molecule has 1 fully saturated rings. The first-order valence-electron chi connectivity index (χ1n) is 8.63. The third kappa shape index (κ3) is 2.19.